The van der Waals surface area contributed by atoms with E-state index in [1.165, 1.54) is 45.3 Å². The van der Waals surface area contributed by atoms with Crippen molar-refractivity contribution < 1.29 is 0 Å². The lowest BCUT2D eigenvalue weighted by Crippen LogP contribution is -2.37. The normalized spacial score (nSPS) is 41.6. The van der Waals surface area contributed by atoms with Gasteiger partial charge in [0.25, 0.3) is 0 Å². The summed E-state index contributed by atoms with van der Waals surface area (Å²) in [7, 11) is 0. The van der Waals surface area contributed by atoms with E-state index in [2.05, 4.69) is 24.5 Å². The van der Waals surface area contributed by atoms with Gasteiger partial charge in [0.1, 0.15) is 0 Å². The highest BCUT2D eigenvalue weighted by molar-refractivity contribution is 4.95. The van der Waals surface area contributed by atoms with Gasteiger partial charge in [-0.2, -0.15) is 0 Å². The number of hydrogen-bond donors (Lipinski definition) is 2. The highest BCUT2D eigenvalue weighted by Crippen LogP contribution is 2.34. The number of rotatable bonds is 5. The second-order valence-corrected chi connectivity index (χ2v) is 5.38. The minimum absolute atomic E-state index is 0.580. The third-order valence-corrected chi connectivity index (χ3v) is 3.96. The van der Waals surface area contributed by atoms with Crippen LogP contribution in [0.25, 0.3) is 0 Å². The van der Waals surface area contributed by atoms with E-state index >= 15 is 0 Å². The summed E-state index contributed by atoms with van der Waals surface area (Å²) in [6.07, 6.45) is 5.47. The van der Waals surface area contributed by atoms with Gasteiger partial charge >= 0.3 is 0 Å². The monoisotopic (exact) mass is 196 g/mol. The van der Waals surface area contributed by atoms with Crippen molar-refractivity contribution in [1.29, 1.82) is 0 Å². The van der Waals surface area contributed by atoms with Crippen LogP contribution in [0, 0.1) is 11.3 Å². The zero-order valence-electron chi connectivity index (χ0n) is 9.60. The maximum atomic E-state index is 3.73. The van der Waals surface area contributed by atoms with Crippen LogP contribution in [0.3, 0.4) is 0 Å². The fourth-order valence-corrected chi connectivity index (χ4v) is 2.73. The molecular weight excluding hydrogens is 172 g/mol. The Kier molecular flexibility index (Phi) is 3.13. The third-order valence-electron chi connectivity index (χ3n) is 3.96. The average Bonchev–Trinajstić information content (AvgIpc) is 2.68. The van der Waals surface area contributed by atoms with Crippen LogP contribution in [0.1, 0.15) is 39.5 Å². The molecule has 14 heavy (non-hydrogen) atoms. The summed E-state index contributed by atoms with van der Waals surface area (Å²) in [5, 5.41) is 7.25. The second kappa shape index (κ2) is 4.19. The van der Waals surface area contributed by atoms with Gasteiger partial charge in [-0.05, 0) is 37.1 Å². The lowest BCUT2D eigenvalue weighted by molar-refractivity contribution is 0.274. The first-order valence-electron chi connectivity index (χ1n) is 6.20. The smallest absolute Gasteiger partial charge is 0.00966 e. The van der Waals surface area contributed by atoms with E-state index in [1.54, 1.807) is 0 Å². The molecule has 0 aromatic rings. The topological polar surface area (TPSA) is 24.1 Å². The molecule has 0 amide bonds. The molecule has 1 saturated heterocycles. The van der Waals surface area contributed by atoms with Gasteiger partial charge in [0.15, 0.2) is 0 Å². The maximum Gasteiger partial charge on any atom is 0.00966 e. The standard InChI is InChI=1S/C12H24N2/c1-3-4-12(5-6-13-8-12)9-14-11-7-10(11)2/h10-11,13-14H,3-9H2,1-2H3. The first kappa shape index (κ1) is 10.4. The first-order valence-corrected chi connectivity index (χ1v) is 6.20. The minimum atomic E-state index is 0.580. The van der Waals surface area contributed by atoms with E-state index in [1.807, 2.05) is 0 Å². The van der Waals surface area contributed by atoms with Crippen LogP contribution in [0.5, 0.6) is 0 Å². The zero-order chi connectivity index (χ0) is 10.0. The van der Waals surface area contributed by atoms with Gasteiger partial charge in [0.2, 0.25) is 0 Å². The molecule has 82 valence electrons. The Morgan fingerprint density at radius 1 is 1.50 bits per heavy atom. The van der Waals surface area contributed by atoms with Crippen molar-refractivity contribution in [2.75, 3.05) is 19.6 Å². The molecule has 0 aromatic carbocycles. The van der Waals surface area contributed by atoms with Gasteiger partial charge in [-0.3, -0.25) is 0 Å². The molecule has 2 aliphatic rings. The summed E-state index contributed by atoms with van der Waals surface area (Å²) in [6.45, 7) is 8.34. The largest absolute Gasteiger partial charge is 0.316 e. The van der Waals surface area contributed by atoms with Crippen molar-refractivity contribution in [2.45, 2.75) is 45.6 Å². The predicted octanol–water partition coefficient (Wildman–Crippen LogP) is 1.76. The summed E-state index contributed by atoms with van der Waals surface area (Å²) >= 11 is 0. The lowest BCUT2D eigenvalue weighted by Gasteiger charge is -2.28. The molecule has 2 nitrogen and oxygen atoms in total. The van der Waals surface area contributed by atoms with E-state index in [-0.39, 0.29) is 0 Å². The molecule has 0 radical (unpaired) electrons. The third kappa shape index (κ3) is 2.29. The van der Waals surface area contributed by atoms with Gasteiger partial charge in [-0.1, -0.05) is 20.3 Å². The molecule has 1 aliphatic carbocycles. The van der Waals surface area contributed by atoms with Crippen molar-refractivity contribution in [3.05, 3.63) is 0 Å². The summed E-state index contributed by atoms with van der Waals surface area (Å²) in [5.74, 6) is 0.933. The quantitative estimate of drug-likeness (QED) is 0.700. The highest BCUT2D eigenvalue weighted by atomic mass is 15.0. The molecule has 0 bridgehead atoms. The molecule has 3 unspecified atom stereocenters. The van der Waals surface area contributed by atoms with Crippen molar-refractivity contribution in [3.8, 4) is 0 Å². The van der Waals surface area contributed by atoms with E-state index in [9.17, 15) is 0 Å². The molecule has 1 heterocycles. The van der Waals surface area contributed by atoms with Gasteiger partial charge in [0.05, 0.1) is 0 Å². The van der Waals surface area contributed by atoms with E-state index in [0.717, 1.165) is 12.0 Å². The lowest BCUT2D eigenvalue weighted by atomic mass is 9.82. The van der Waals surface area contributed by atoms with Crippen LogP contribution in [0.4, 0.5) is 0 Å². The van der Waals surface area contributed by atoms with Crippen LogP contribution < -0.4 is 10.6 Å². The fourth-order valence-electron chi connectivity index (χ4n) is 2.73. The first-order chi connectivity index (χ1) is 6.76. The summed E-state index contributed by atoms with van der Waals surface area (Å²) < 4.78 is 0. The number of nitrogens with one attached hydrogen (secondary N) is 2. The fraction of sp³-hybridized carbons (Fsp3) is 1.00. The molecule has 3 atom stereocenters. The Balaban J connectivity index is 1.78. The molecule has 0 spiro atoms. The Morgan fingerprint density at radius 3 is 2.79 bits per heavy atom. The predicted molar refractivity (Wildman–Crippen MR) is 60.4 cm³/mol. The summed E-state index contributed by atoms with van der Waals surface area (Å²) in [4.78, 5) is 0. The summed E-state index contributed by atoms with van der Waals surface area (Å²) in [6, 6.07) is 0.837. The van der Waals surface area contributed by atoms with Crippen LogP contribution in [-0.4, -0.2) is 25.7 Å². The Bertz CT molecular complexity index is 185. The second-order valence-electron chi connectivity index (χ2n) is 5.38. The number of hydrogen-bond acceptors (Lipinski definition) is 2. The molecule has 0 aromatic heterocycles. The minimum Gasteiger partial charge on any atom is -0.316 e. The van der Waals surface area contributed by atoms with E-state index < -0.39 is 0 Å². The zero-order valence-corrected chi connectivity index (χ0v) is 9.60. The van der Waals surface area contributed by atoms with Crippen molar-refractivity contribution in [3.63, 3.8) is 0 Å². The molecular formula is C12H24N2. The highest BCUT2D eigenvalue weighted by Gasteiger charge is 2.37. The van der Waals surface area contributed by atoms with Crippen LogP contribution >= 0.6 is 0 Å². The Morgan fingerprint density at radius 2 is 2.29 bits per heavy atom. The van der Waals surface area contributed by atoms with E-state index in [4.69, 9.17) is 0 Å². The van der Waals surface area contributed by atoms with Crippen LogP contribution in [0.2, 0.25) is 0 Å². The van der Waals surface area contributed by atoms with Crippen molar-refractivity contribution in [2.24, 2.45) is 11.3 Å². The van der Waals surface area contributed by atoms with E-state index in [0.29, 0.717) is 5.41 Å². The van der Waals surface area contributed by atoms with Crippen molar-refractivity contribution in [1.82, 2.24) is 10.6 Å². The molecule has 1 aliphatic heterocycles. The summed E-state index contributed by atoms with van der Waals surface area (Å²) in [5.41, 5.74) is 0.580. The SMILES string of the molecule is CCCC1(CNC2CC2C)CCNC1. The molecule has 2 rings (SSSR count). The Labute approximate surface area is 87.8 Å². The molecule has 2 N–H and O–H groups in total. The van der Waals surface area contributed by atoms with Gasteiger partial charge in [-0.25, -0.2) is 0 Å². The average molecular weight is 196 g/mol. The van der Waals surface area contributed by atoms with Gasteiger partial charge in [0, 0.05) is 19.1 Å². The van der Waals surface area contributed by atoms with Crippen LogP contribution in [0.15, 0.2) is 0 Å². The molecule has 2 fully saturated rings. The van der Waals surface area contributed by atoms with Crippen molar-refractivity contribution >= 4 is 0 Å². The maximum absolute atomic E-state index is 3.73. The Hall–Kier alpha value is -0.0800. The van der Waals surface area contributed by atoms with Gasteiger partial charge in [-0.15, -0.1) is 0 Å². The van der Waals surface area contributed by atoms with Gasteiger partial charge < -0.3 is 10.6 Å². The molecule has 2 heteroatoms. The van der Waals surface area contributed by atoms with Crippen LogP contribution in [-0.2, 0) is 0 Å². The molecule has 1 saturated carbocycles.